The van der Waals surface area contributed by atoms with E-state index in [0.717, 1.165) is 33.8 Å². The normalized spacial score (nSPS) is 12.7. The Labute approximate surface area is 172 Å². The highest BCUT2D eigenvalue weighted by atomic mass is 16.5. The van der Waals surface area contributed by atoms with Crippen molar-refractivity contribution in [2.75, 3.05) is 21.3 Å². The molecule has 3 aromatic carbocycles. The van der Waals surface area contributed by atoms with Crippen LogP contribution in [0, 0.1) is 6.92 Å². The minimum atomic E-state index is -0.514. The summed E-state index contributed by atoms with van der Waals surface area (Å²) in [6.45, 7) is 2.02. The fourth-order valence-electron chi connectivity index (χ4n) is 3.71. The summed E-state index contributed by atoms with van der Waals surface area (Å²) in [5.74, 6) is 0.472. The van der Waals surface area contributed by atoms with Crippen molar-refractivity contribution in [1.82, 2.24) is 0 Å². The van der Waals surface area contributed by atoms with Gasteiger partial charge in [-0.3, -0.25) is 4.79 Å². The zero-order valence-electron chi connectivity index (χ0n) is 17.2. The summed E-state index contributed by atoms with van der Waals surface area (Å²) in [5, 5.41) is 0. The smallest absolute Gasteiger partial charge is 0.314 e. The van der Waals surface area contributed by atoms with Crippen molar-refractivity contribution in [1.29, 1.82) is 0 Å². The lowest BCUT2D eigenvalue weighted by atomic mass is 9.76. The zero-order valence-corrected chi connectivity index (χ0v) is 17.2. The predicted molar refractivity (Wildman–Crippen MR) is 114 cm³/mol. The third kappa shape index (κ3) is 4.60. The van der Waals surface area contributed by atoms with Gasteiger partial charge in [-0.25, -0.2) is 0 Å². The maximum Gasteiger partial charge on any atom is 0.314 e. The van der Waals surface area contributed by atoms with Crippen LogP contribution in [0.3, 0.4) is 0 Å². The third-order valence-corrected chi connectivity index (χ3v) is 5.09. The number of hydrogen-bond donors (Lipinski definition) is 0. The van der Waals surface area contributed by atoms with Gasteiger partial charge in [0.15, 0.2) is 0 Å². The van der Waals surface area contributed by atoms with Crippen molar-refractivity contribution in [3.05, 3.63) is 95.1 Å². The average molecular weight is 390 g/mol. The van der Waals surface area contributed by atoms with E-state index in [4.69, 9.17) is 14.2 Å². The number of methoxy groups -OCH3 is 3. The van der Waals surface area contributed by atoms with Crippen LogP contribution in [0.1, 0.15) is 34.1 Å². The molecule has 0 amide bonds. The van der Waals surface area contributed by atoms with Gasteiger partial charge in [-0.05, 0) is 53.4 Å². The first-order valence-electron chi connectivity index (χ1n) is 9.49. The summed E-state index contributed by atoms with van der Waals surface area (Å²) in [7, 11) is 4.70. The number of carbonyl (C=O) groups is 1. The van der Waals surface area contributed by atoms with Gasteiger partial charge < -0.3 is 14.2 Å². The number of rotatable bonds is 7. The van der Waals surface area contributed by atoms with Gasteiger partial charge in [0.1, 0.15) is 11.5 Å². The molecule has 3 rings (SSSR count). The lowest BCUT2D eigenvalue weighted by Crippen LogP contribution is -2.23. The SMILES string of the molecule is COC(=O)C(c1ccc(OC)cc1)C(c1ccccc1)c1cc(C)cc(OC)c1. The zero-order chi connectivity index (χ0) is 20.8. The second-order valence-corrected chi connectivity index (χ2v) is 6.95. The average Bonchev–Trinajstić information content (AvgIpc) is 2.77. The minimum absolute atomic E-state index is 0.231. The molecule has 0 fully saturated rings. The Kier molecular flexibility index (Phi) is 6.55. The van der Waals surface area contributed by atoms with Gasteiger partial charge in [0.2, 0.25) is 0 Å². The maximum atomic E-state index is 13.0. The van der Waals surface area contributed by atoms with Crippen LogP contribution in [0.25, 0.3) is 0 Å². The van der Waals surface area contributed by atoms with Crippen molar-refractivity contribution in [3.63, 3.8) is 0 Å². The lowest BCUT2D eigenvalue weighted by molar-refractivity contribution is -0.142. The first-order valence-corrected chi connectivity index (χ1v) is 9.49. The lowest BCUT2D eigenvalue weighted by Gasteiger charge is -2.27. The molecule has 150 valence electrons. The highest BCUT2D eigenvalue weighted by Crippen LogP contribution is 2.41. The largest absolute Gasteiger partial charge is 0.497 e. The van der Waals surface area contributed by atoms with Crippen LogP contribution in [0.5, 0.6) is 11.5 Å². The third-order valence-electron chi connectivity index (χ3n) is 5.09. The van der Waals surface area contributed by atoms with Crippen molar-refractivity contribution < 1.29 is 19.0 Å². The number of carbonyl (C=O) groups excluding carboxylic acids is 1. The molecule has 4 heteroatoms. The molecular weight excluding hydrogens is 364 g/mol. The molecule has 2 unspecified atom stereocenters. The summed E-state index contributed by atoms with van der Waals surface area (Å²) in [5.41, 5.74) is 3.97. The highest BCUT2D eigenvalue weighted by Gasteiger charge is 2.33. The summed E-state index contributed by atoms with van der Waals surface area (Å²) in [6, 6.07) is 23.7. The molecule has 29 heavy (non-hydrogen) atoms. The second-order valence-electron chi connectivity index (χ2n) is 6.95. The fraction of sp³-hybridized carbons (Fsp3) is 0.240. The number of hydrogen-bond acceptors (Lipinski definition) is 4. The standard InChI is InChI=1S/C25H26O4/c1-17-14-20(16-22(15-17)28-3)23(18-8-6-5-7-9-18)24(25(26)29-4)19-10-12-21(27-2)13-11-19/h5-16,23-24H,1-4H3. The van der Waals surface area contributed by atoms with Gasteiger partial charge in [0, 0.05) is 5.92 Å². The van der Waals surface area contributed by atoms with E-state index in [0.29, 0.717) is 0 Å². The van der Waals surface area contributed by atoms with E-state index in [-0.39, 0.29) is 11.9 Å². The Morgan fingerprint density at radius 1 is 0.724 bits per heavy atom. The van der Waals surface area contributed by atoms with Crippen LogP contribution in [0.4, 0.5) is 0 Å². The fourth-order valence-corrected chi connectivity index (χ4v) is 3.71. The molecular formula is C25H26O4. The first kappa shape index (κ1) is 20.5. The minimum Gasteiger partial charge on any atom is -0.497 e. The van der Waals surface area contributed by atoms with Gasteiger partial charge in [0.25, 0.3) is 0 Å². The molecule has 0 N–H and O–H groups in total. The number of esters is 1. The molecule has 3 aromatic rings. The quantitative estimate of drug-likeness (QED) is 0.527. The van der Waals surface area contributed by atoms with Crippen LogP contribution < -0.4 is 9.47 Å². The van der Waals surface area contributed by atoms with E-state index in [1.54, 1.807) is 14.2 Å². The maximum absolute atomic E-state index is 13.0. The molecule has 0 aliphatic rings. The molecule has 2 atom stereocenters. The Morgan fingerprint density at radius 3 is 1.97 bits per heavy atom. The van der Waals surface area contributed by atoms with Crippen LogP contribution in [-0.4, -0.2) is 27.3 Å². The second kappa shape index (κ2) is 9.28. The summed E-state index contributed by atoms with van der Waals surface area (Å²) < 4.78 is 16.0. The molecule has 0 aliphatic heterocycles. The van der Waals surface area contributed by atoms with Crippen molar-refractivity contribution in [2.24, 2.45) is 0 Å². The van der Waals surface area contributed by atoms with Gasteiger partial charge >= 0.3 is 5.97 Å². The van der Waals surface area contributed by atoms with Gasteiger partial charge in [-0.15, -0.1) is 0 Å². The Balaban J connectivity index is 2.20. The van der Waals surface area contributed by atoms with Crippen LogP contribution in [0.15, 0.2) is 72.8 Å². The van der Waals surface area contributed by atoms with Crippen molar-refractivity contribution >= 4 is 5.97 Å². The van der Waals surface area contributed by atoms with Crippen LogP contribution >= 0.6 is 0 Å². The van der Waals surface area contributed by atoms with E-state index in [2.05, 4.69) is 6.07 Å². The Hall–Kier alpha value is -3.27. The Bertz CT molecular complexity index is 948. The van der Waals surface area contributed by atoms with E-state index >= 15 is 0 Å². The molecule has 0 aromatic heterocycles. The molecule has 0 spiro atoms. The first-order chi connectivity index (χ1) is 14.1. The van der Waals surface area contributed by atoms with Crippen molar-refractivity contribution in [3.8, 4) is 11.5 Å². The summed E-state index contributed by atoms with van der Waals surface area (Å²) >= 11 is 0. The van der Waals surface area contributed by atoms with E-state index < -0.39 is 5.92 Å². The molecule has 0 radical (unpaired) electrons. The van der Waals surface area contributed by atoms with Gasteiger partial charge in [-0.2, -0.15) is 0 Å². The predicted octanol–water partition coefficient (Wildman–Crippen LogP) is 5.10. The molecule has 4 nitrogen and oxygen atoms in total. The molecule has 0 saturated carbocycles. The molecule has 0 aliphatic carbocycles. The Morgan fingerprint density at radius 2 is 1.38 bits per heavy atom. The monoisotopic (exact) mass is 390 g/mol. The van der Waals surface area contributed by atoms with E-state index in [9.17, 15) is 4.79 Å². The van der Waals surface area contributed by atoms with Crippen molar-refractivity contribution in [2.45, 2.75) is 18.8 Å². The molecule has 0 bridgehead atoms. The summed E-state index contributed by atoms with van der Waals surface area (Å²) in [6.07, 6.45) is 0. The van der Waals surface area contributed by atoms with E-state index in [1.807, 2.05) is 73.7 Å². The van der Waals surface area contributed by atoms with Crippen LogP contribution in [-0.2, 0) is 9.53 Å². The van der Waals surface area contributed by atoms with E-state index in [1.165, 1.54) is 7.11 Å². The number of aryl methyl sites for hydroxylation is 1. The topological polar surface area (TPSA) is 44.8 Å². The van der Waals surface area contributed by atoms with Gasteiger partial charge in [0.05, 0.1) is 27.2 Å². The van der Waals surface area contributed by atoms with Gasteiger partial charge in [-0.1, -0.05) is 48.5 Å². The summed E-state index contributed by atoms with van der Waals surface area (Å²) in [4.78, 5) is 13.0. The number of benzene rings is 3. The molecule has 0 heterocycles. The highest BCUT2D eigenvalue weighted by molar-refractivity contribution is 5.80. The number of ether oxygens (including phenoxy) is 3. The molecule has 0 saturated heterocycles. The van der Waals surface area contributed by atoms with Crippen LogP contribution in [0.2, 0.25) is 0 Å².